The molecule has 0 spiro atoms. The highest BCUT2D eigenvalue weighted by molar-refractivity contribution is 7.46. The number of unbranched alkanes of at least 4 members (excludes halogenated alkanes) is 29. The van der Waals surface area contributed by atoms with E-state index in [1.165, 1.54) is 167 Å². The number of phosphoric ester groups is 1. The summed E-state index contributed by atoms with van der Waals surface area (Å²) in [6.45, 7) is 4.79. The predicted octanol–water partition coefficient (Wildman–Crippen LogP) is 12.5. The molecule has 282 valence electrons. The van der Waals surface area contributed by atoms with Crippen molar-refractivity contribution < 1.29 is 33.1 Å². The molecular weight excluding hydrogens is 611 g/mol. The number of hydrogen-bond acceptors (Lipinski definition) is 5. The molecule has 47 heavy (non-hydrogen) atoms. The summed E-state index contributed by atoms with van der Waals surface area (Å²) in [5.41, 5.74) is 0. The van der Waals surface area contributed by atoms with Crippen molar-refractivity contribution in [1.29, 1.82) is 0 Å². The average Bonchev–Trinajstić information content (AvgIpc) is 3.04. The SMILES string of the molecule is CCCCCCCCCCCCCCCCCCCCCC(=O)O[C@H](COCCCCCCCCCCCCCC)COP(=O)(O)O. The third-order valence-corrected chi connectivity index (χ3v) is 9.64. The largest absolute Gasteiger partial charge is 0.469 e. The molecular formula is C39H79O7P. The van der Waals surface area contributed by atoms with Crippen LogP contribution in [-0.2, 0) is 23.4 Å². The molecule has 0 amide bonds. The Balaban J connectivity index is 3.72. The number of carbonyl (C=O) groups is 1. The minimum atomic E-state index is -4.64. The van der Waals surface area contributed by atoms with E-state index in [1.807, 2.05) is 0 Å². The van der Waals surface area contributed by atoms with E-state index >= 15 is 0 Å². The molecule has 0 saturated carbocycles. The van der Waals surface area contributed by atoms with Crippen LogP contribution in [0.15, 0.2) is 0 Å². The zero-order valence-electron chi connectivity index (χ0n) is 31.2. The number of carbonyl (C=O) groups excluding carboxylic acids is 1. The molecule has 0 aromatic carbocycles. The highest BCUT2D eigenvalue weighted by Gasteiger charge is 2.21. The second-order valence-electron chi connectivity index (χ2n) is 14.0. The second kappa shape index (κ2) is 36.8. The normalized spacial score (nSPS) is 12.5. The maximum Gasteiger partial charge on any atom is 0.469 e. The maximum absolute atomic E-state index is 12.4. The molecule has 0 saturated heterocycles. The van der Waals surface area contributed by atoms with Crippen LogP contribution in [0.25, 0.3) is 0 Å². The van der Waals surface area contributed by atoms with Crippen LogP contribution in [0.5, 0.6) is 0 Å². The summed E-state index contributed by atoms with van der Waals surface area (Å²) in [5.74, 6) is -0.356. The maximum atomic E-state index is 12.4. The Bertz CT molecular complexity index is 684. The zero-order valence-corrected chi connectivity index (χ0v) is 32.1. The molecule has 7 nitrogen and oxygen atoms in total. The molecule has 0 aromatic rings. The summed E-state index contributed by atoms with van der Waals surface area (Å²) >= 11 is 0. The van der Waals surface area contributed by atoms with Crippen LogP contribution in [0.3, 0.4) is 0 Å². The molecule has 0 aromatic heterocycles. The van der Waals surface area contributed by atoms with Gasteiger partial charge in [-0.2, -0.15) is 0 Å². The highest BCUT2D eigenvalue weighted by atomic mass is 31.2. The predicted molar refractivity (Wildman–Crippen MR) is 198 cm³/mol. The van der Waals surface area contributed by atoms with Crippen molar-refractivity contribution in [2.45, 2.75) is 225 Å². The number of hydrogen-bond donors (Lipinski definition) is 2. The van der Waals surface area contributed by atoms with Gasteiger partial charge in [0.2, 0.25) is 0 Å². The van der Waals surface area contributed by atoms with Gasteiger partial charge in [-0.15, -0.1) is 0 Å². The first-order chi connectivity index (χ1) is 22.9. The van der Waals surface area contributed by atoms with Gasteiger partial charge in [0.15, 0.2) is 0 Å². The Hall–Kier alpha value is -0.460. The lowest BCUT2D eigenvalue weighted by Crippen LogP contribution is -2.28. The Morgan fingerprint density at radius 1 is 0.489 bits per heavy atom. The van der Waals surface area contributed by atoms with Crippen LogP contribution in [-0.4, -0.2) is 41.7 Å². The van der Waals surface area contributed by atoms with Crippen molar-refractivity contribution in [1.82, 2.24) is 0 Å². The van der Waals surface area contributed by atoms with E-state index in [9.17, 15) is 9.36 Å². The zero-order chi connectivity index (χ0) is 34.5. The van der Waals surface area contributed by atoms with Gasteiger partial charge in [0.1, 0.15) is 6.10 Å². The molecule has 0 aliphatic heterocycles. The first-order valence-corrected chi connectivity index (χ1v) is 21.9. The molecule has 2 N–H and O–H groups in total. The first kappa shape index (κ1) is 46.5. The van der Waals surface area contributed by atoms with E-state index in [-0.39, 0.29) is 19.2 Å². The summed E-state index contributed by atoms with van der Waals surface area (Å²) < 4.78 is 26.9. The van der Waals surface area contributed by atoms with Crippen LogP contribution in [0.1, 0.15) is 219 Å². The standard InChI is InChI=1S/C39H79O7P/c1-3-5-7-9-11-13-15-17-18-19-20-21-22-23-24-26-28-30-32-34-39(40)46-38(37-45-47(41,42)43)36-44-35-33-31-29-27-25-16-14-12-10-8-6-4-2/h38H,3-37H2,1-2H3,(H2,41,42,43)/t38-/m1/s1. The Morgan fingerprint density at radius 3 is 1.15 bits per heavy atom. The fraction of sp³-hybridized carbons (Fsp3) is 0.974. The van der Waals surface area contributed by atoms with E-state index in [4.69, 9.17) is 19.3 Å². The van der Waals surface area contributed by atoms with Crippen molar-refractivity contribution in [3.8, 4) is 0 Å². The van der Waals surface area contributed by atoms with Gasteiger partial charge in [-0.25, -0.2) is 4.57 Å². The van der Waals surface area contributed by atoms with Crippen molar-refractivity contribution in [3.05, 3.63) is 0 Å². The summed E-state index contributed by atoms with van der Waals surface area (Å²) in [7, 11) is -4.64. The average molecular weight is 691 g/mol. The quantitative estimate of drug-likeness (QED) is 0.0376. The fourth-order valence-corrected chi connectivity index (χ4v) is 6.51. The topological polar surface area (TPSA) is 102 Å². The number of phosphoric acid groups is 1. The molecule has 8 heteroatoms. The molecule has 0 bridgehead atoms. The van der Waals surface area contributed by atoms with Crippen molar-refractivity contribution in [2.75, 3.05) is 19.8 Å². The Labute approximate surface area is 291 Å². The molecule has 0 unspecified atom stereocenters. The van der Waals surface area contributed by atoms with Gasteiger partial charge in [-0.3, -0.25) is 9.32 Å². The minimum absolute atomic E-state index is 0.0863. The van der Waals surface area contributed by atoms with Crippen LogP contribution in [0.2, 0.25) is 0 Å². The summed E-state index contributed by atoms with van der Waals surface area (Å²) in [6, 6.07) is 0. The third-order valence-electron chi connectivity index (χ3n) is 9.16. The Morgan fingerprint density at radius 2 is 0.809 bits per heavy atom. The first-order valence-electron chi connectivity index (χ1n) is 20.4. The third kappa shape index (κ3) is 39.9. The van der Waals surface area contributed by atoms with Crippen molar-refractivity contribution >= 4 is 13.8 Å². The van der Waals surface area contributed by atoms with Gasteiger partial charge in [0, 0.05) is 13.0 Å². The van der Waals surface area contributed by atoms with Crippen LogP contribution in [0.4, 0.5) is 0 Å². The van der Waals surface area contributed by atoms with Gasteiger partial charge >= 0.3 is 13.8 Å². The van der Waals surface area contributed by atoms with Gasteiger partial charge in [-0.1, -0.05) is 200 Å². The molecule has 1 atom stereocenters. The van der Waals surface area contributed by atoms with Gasteiger partial charge < -0.3 is 19.3 Å². The lowest BCUT2D eigenvalue weighted by molar-refractivity contribution is -0.154. The minimum Gasteiger partial charge on any atom is -0.457 e. The summed E-state index contributed by atoms with van der Waals surface area (Å²) in [6.07, 6.45) is 39.5. The highest BCUT2D eigenvalue weighted by Crippen LogP contribution is 2.36. The molecule has 0 heterocycles. The summed E-state index contributed by atoms with van der Waals surface area (Å²) in [4.78, 5) is 30.5. The monoisotopic (exact) mass is 691 g/mol. The van der Waals surface area contributed by atoms with Crippen LogP contribution >= 0.6 is 7.82 Å². The molecule has 0 rings (SSSR count). The summed E-state index contributed by atoms with van der Waals surface area (Å²) in [5, 5.41) is 0. The second-order valence-corrected chi connectivity index (χ2v) is 15.2. The number of ether oxygens (including phenoxy) is 2. The lowest BCUT2D eigenvalue weighted by atomic mass is 10.0. The van der Waals surface area contributed by atoms with E-state index in [0.717, 1.165) is 32.1 Å². The molecule has 0 aliphatic rings. The van der Waals surface area contributed by atoms with Gasteiger partial charge in [0.25, 0.3) is 0 Å². The van der Waals surface area contributed by atoms with E-state index < -0.39 is 13.9 Å². The number of rotatable bonds is 39. The fourth-order valence-electron chi connectivity index (χ4n) is 6.15. The van der Waals surface area contributed by atoms with Gasteiger partial charge in [-0.05, 0) is 12.8 Å². The van der Waals surface area contributed by atoms with Crippen molar-refractivity contribution in [2.24, 2.45) is 0 Å². The van der Waals surface area contributed by atoms with Crippen LogP contribution in [0, 0.1) is 0 Å². The van der Waals surface area contributed by atoms with E-state index in [0.29, 0.717) is 13.0 Å². The van der Waals surface area contributed by atoms with Crippen LogP contribution < -0.4 is 0 Å². The van der Waals surface area contributed by atoms with Gasteiger partial charge in [0.05, 0.1) is 13.2 Å². The smallest absolute Gasteiger partial charge is 0.457 e. The van der Waals surface area contributed by atoms with E-state index in [2.05, 4.69) is 18.4 Å². The lowest BCUT2D eigenvalue weighted by Gasteiger charge is -2.18. The molecule has 0 aliphatic carbocycles. The molecule has 0 fully saturated rings. The Kier molecular flexibility index (Phi) is 36.5. The molecule has 0 radical (unpaired) electrons. The van der Waals surface area contributed by atoms with E-state index in [1.54, 1.807) is 0 Å². The van der Waals surface area contributed by atoms with Crippen molar-refractivity contribution in [3.63, 3.8) is 0 Å². The number of esters is 1.